The van der Waals surface area contributed by atoms with Gasteiger partial charge < -0.3 is 10.3 Å². The normalized spacial score (nSPS) is 15.2. The quantitative estimate of drug-likeness (QED) is 0.471. The Morgan fingerprint density at radius 1 is 1.16 bits per heavy atom. The Kier molecular flexibility index (Phi) is 6.83. The molecule has 0 atom stereocenters. The van der Waals surface area contributed by atoms with Gasteiger partial charge in [-0.3, -0.25) is 19.3 Å². The van der Waals surface area contributed by atoms with Crippen LogP contribution in [-0.2, 0) is 16.0 Å². The molecule has 4 rings (SSSR count). The molecule has 0 saturated carbocycles. The van der Waals surface area contributed by atoms with Gasteiger partial charge >= 0.3 is 0 Å². The number of imide groups is 1. The number of thioether (sulfide) groups is 1. The fraction of sp³-hybridized carbons (Fsp3) is 0.182. The summed E-state index contributed by atoms with van der Waals surface area (Å²) in [4.78, 5) is 46.0. The van der Waals surface area contributed by atoms with Gasteiger partial charge in [0.15, 0.2) is 0 Å². The summed E-state index contributed by atoms with van der Waals surface area (Å²) in [5, 5.41) is 3.03. The molecule has 1 aliphatic rings. The van der Waals surface area contributed by atoms with Crippen LogP contribution in [0.1, 0.15) is 17.8 Å². The number of imidazole rings is 1. The van der Waals surface area contributed by atoms with Gasteiger partial charge in [0.05, 0.1) is 26.0 Å². The molecule has 1 saturated heterocycles. The number of benzene rings is 2. The number of carbonyl (C=O) groups is 3. The Balaban J connectivity index is 1.28. The second-order valence-corrected chi connectivity index (χ2v) is 8.81. The molecule has 0 radical (unpaired) electrons. The van der Waals surface area contributed by atoms with Crippen molar-refractivity contribution in [3.63, 3.8) is 0 Å². The average molecular weight is 489 g/mol. The number of carbonyl (C=O) groups excluding carboxylic acids is 3. The van der Waals surface area contributed by atoms with Crippen molar-refractivity contribution in [3.05, 3.63) is 68.8 Å². The van der Waals surface area contributed by atoms with Crippen LogP contribution in [-0.4, -0.2) is 45.0 Å². The largest absolute Gasteiger partial charge is 0.354 e. The van der Waals surface area contributed by atoms with E-state index in [4.69, 9.17) is 23.2 Å². The highest BCUT2D eigenvalue weighted by atomic mass is 35.5. The minimum atomic E-state index is -0.424. The number of rotatable bonds is 7. The summed E-state index contributed by atoms with van der Waals surface area (Å²) in [5.74, 6) is 0.128. The molecule has 1 fully saturated rings. The SMILES string of the molecule is O=C(CCc1nc2ccccc2[nH]1)NCCN1C(=O)SC(=Cc2cccc(Cl)c2Cl)C1=O. The van der Waals surface area contributed by atoms with E-state index in [0.29, 0.717) is 22.0 Å². The van der Waals surface area contributed by atoms with Crippen LogP contribution in [0, 0.1) is 0 Å². The number of hydrogen-bond donors (Lipinski definition) is 2. The van der Waals surface area contributed by atoms with Gasteiger partial charge in [0.2, 0.25) is 5.91 Å². The lowest BCUT2D eigenvalue weighted by molar-refractivity contribution is -0.124. The number of nitrogens with one attached hydrogen (secondary N) is 2. The Bertz CT molecular complexity index is 1210. The van der Waals surface area contributed by atoms with Gasteiger partial charge in [0.25, 0.3) is 11.1 Å². The Labute approximate surface area is 198 Å². The van der Waals surface area contributed by atoms with Crippen LogP contribution >= 0.6 is 35.0 Å². The van der Waals surface area contributed by atoms with Crippen LogP contribution in [0.2, 0.25) is 10.0 Å². The van der Waals surface area contributed by atoms with E-state index in [1.165, 1.54) is 0 Å². The molecule has 0 spiro atoms. The van der Waals surface area contributed by atoms with Crippen molar-refractivity contribution in [2.45, 2.75) is 12.8 Å². The molecule has 0 aliphatic carbocycles. The number of aromatic nitrogens is 2. The number of H-pyrrole nitrogens is 1. The lowest BCUT2D eigenvalue weighted by Crippen LogP contribution is -2.37. The van der Waals surface area contributed by atoms with E-state index in [1.54, 1.807) is 24.3 Å². The molecule has 3 amide bonds. The summed E-state index contributed by atoms with van der Waals surface area (Å²) < 4.78 is 0. The van der Waals surface area contributed by atoms with Crippen molar-refractivity contribution in [3.8, 4) is 0 Å². The van der Waals surface area contributed by atoms with Crippen molar-refractivity contribution < 1.29 is 14.4 Å². The van der Waals surface area contributed by atoms with Crippen LogP contribution in [0.25, 0.3) is 17.1 Å². The van der Waals surface area contributed by atoms with Crippen molar-refractivity contribution in [1.82, 2.24) is 20.2 Å². The molecule has 2 N–H and O–H groups in total. The highest BCUT2D eigenvalue weighted by Crippen LogP contribution is 2.34. The van der Waals surface area contributed by atoms with Gasteiger partial charge in [-0.15, -0.1) is 0 Å². The highest BCUT2D eigenvalue weighted by molar-refractivity contribution is 8.18. The van der Waals surface area contributed by atoms with Crippen molar-refractivity contribution >= 4 is 69.1 Å². The summed E-state index contributed by atoms with van der Waals surface area (Å²) in [6, 6.07) is 12.7. The van der Waals surface area contributed by atoms with E-state index in [0.717, 1.165) is 33.5 Å². The zero-order valence-corrected chi connectivity index (χ0v) is 19.1. The predicted molar refractivity (Wildman–Crippen MR) is 127 cm³/mol. The van der Waals surface area contributed by atoms with Crippen LogP contribution in [0.15, 0.2) is 47.4 Å². The summed E-state index contributed by atoms with van der Waals surface area (Å²) in [6.45, 7) is 0.254. The number of para-hydroxylation sites is 2. The van der Waals surface area contributed by atoms with Crippen LogP contribution in [0.5, 0.6) is 0 Å². The van der Waals surface area contributed by atoms with E-state index in [2.05, 4.69) is 15.3 Å². The second kappa shape index (κ2) is 9.77. The summed E-state index contributed by atoms with van der Waals surface area (Å²) in [6.07, 6.45) is 2.26. The van der Waals surface area contributed by atoms with Crippen molar-refractivity contribution in [1.29, 1.82) is 0 Å². The number of nitrogens with zero attached hydrogens (tertiary/aromatic N) is 2. The highest BCUT2D eigenvalue weighted by Gasteiger charge is 2.34. The van der Waals surface area contributed by atoms with E-state index >= 15 is 0 Å². The molecular weight excluding hydrogens is 471 g/mol. The minimum absolute atomic E-state index is 0.0850. The molecule has 10 heteroatoms. The monoisotopic (exact) mass is 488 g/mol. The molecule has 0 bridgehead atoms. The van der Waals surface area contributed by atoms with Crippen LogP contribution in [0.4, 0.5) is 4.79 Å². The molecule has 2 heterocycles. The molecule has 1 aromatic heterocycles. The maximum Gasteiger partial charge on any atom is 0.293 e. The topological polar surface area (TPSA) is 95.2 Å². The van der Waals surface area contributed by atoms with E-state index < -0.39 is 11.1 Å². The number of amides is 3. The molecule has 2 aromatic carbocycles. The fourth-order valence-corrected chi connectivity index (χ4v) is 4.44. The van der Waals surface area contributed by atoms with Gasteiger partial charge in [0, 0.05) is 25.9 Å². The maximum atomic E-state index is 12.6. The Morgan fingerprint density at radius 3 is 2.78 bits per heavy atom. The third-order valence-electron chi connectivity index (χ3n) is 4.83. The smallest absolute Gasteiger partial charge is 0.293 e. The molecule has 1 aliphatic heterocycles. The average Bonchev–Trinajstić information content (AvgIpc) is 3.31. The first-order chi connectivity index (χ1) is 15.4. The summed E-state index contributed by atoms with van der Waals surface area (Å²) in [7, 11) is 0. The number of halogens is 2. The lowest BCUT2D eigenvalue weighted by Gasteiger charge is -2.12. The fourth-order valence-electron chi connectivity index (χ4n) is 3.22. The first-order valence-electron chi connectivity index (χ1n) is 9.82. The van der Waals surface area contributed by atoms with Gasteiger partial charge in [0.1, 0.15) is 5.82 Å². The summed E-state index contributed by atoms with van der Waals surface area (Å²) in [5.41, 5.74) is 2.34. The molecule has 3 aromatic rings. The Hall–Kier alpha value is -2.81. The van der Waals surface area contributed by atoms with Crippen molar-refractivity contribution in [2.75, 3.05) is 13.1 Å². The molecule has 32 heavy (non-hydrogen) atoms. The first-order valence-corrected chi connectivity index (χ1v) is 11.4. The lowest BCUT2D eigenvalue weighted by atomic mass is 10.2. The van der Waals surface area contributed by atoms with Crippen LogP contribution in [0.3, 0.4) is 0 Å². The Morgan fingerprint density at radius 2 is 1.97 bits per heavy atom. The third kappa shape index (κ3) is 4.98. The number of aromatic amines is 1. The van der Waals surface area contributed by atoms with E-state index in [1.807, 2.05) is 24.3 Å². The van der Waals surface area contributed by atoms with E-state index in [9.17, 15) is 14.4 Å². The molecule has 0 unspecified atom stereocenters. The van der Waals surface area contributed by atoms with Crippen molar-refractivity contribution in [2.24, 2.45) is 0 Å². The van der Waals surface area contributed by atoms with E-state index in [-0.39, 0.29) is 30.3 Å². The number of fused-ring (bicyclic) bond motifs is 1. The van der Waals surface area contributed by atoms with Crippen LogP contribution < -0.4 is 5.32 Å². The predicted octanol–water partition coefficient (Wildman–Crippen LogP) is 4.66. The van der Waals surface area contributed by atoms with Gasteiger partial charge in [-0.25, -0.2) is 4.98 Å². The second-order valence-electron chi connectivity index (χ2n) is 7.03. The molecule has 7 nitrogen and oxygen atoms in total. The van der Waals surface area contributed by atoms with Gasteiger partial charge in [-0.2, -0.15) is 0 Å². The van der Waals surface area contributed by atoms with Gasteiger partial charge in [-0.05, 0) is 41.6 Å². The molecule has 164 valence electrons. The number of hydrogen-bond acceptors (Lipinski definition) is 5. The summed E-state index contributed by atoms with van der Waals surface area (Å²) >= 11 is 13.0. The maximum absolute atomic E-state index is 12.6. The zero-order chi connectivity index (χ0) is 22.7. The zero-order valence-electron chi connectivity index (χ0n) is 16.7. The van der Waals surface area contributed by atoms with Gasteiger partial charge in [-0.1, -0.05) is 47.5 Å². The third-order valence-corrected chi connectivity index (χ3v) is 6.57. The molecular formula is C22H18Cl2N4O3S. The number of aryl methyl sites for hydroxylation is 1. The standard InChI is InChI=1S/C22H18Cl2N4O3S/c23-14-5-3-4-13(20(14)24)12-17-21(30)28(22(31)32-17)11-10-25-19(29)9-8-18-26-15-6-1-2-7-16(15)27-18/h1-7,12H,8-11H2,(H,25,29)(H,26,27). The minimum Gasteiger partial charge on any atom is -0.354 e. The first kappa shape index (κ1) is 22.4.